The van der Waals surface area contributed by atoms with Gasteiger partial charge in [0.1, 0.15) is 0 Å². The van der Waals surface area contributed by atoms with Crippen molar-refractivity contribution in [1.82, 2.24) is 10.2 Å². The maximum absolute atomic E-state index is 13.1. The first-order valence-corrected chi connectivity index (χ1v) is 10.1. The average Bonchev–Trinajstić information content (AvgIpc) is 3.25. The lowest BCUT2D eigenvalue weighted by Gasteiger charge is -2.39. The van der Waals surface area contributed by atoms with Crippen LogP contribution in [-0.2, 0) is 19.7 Å². The highest BCUT2D eigenvalue weighted by molar-refractivity contribution is 6.17. The molecule has 1 aromatic carbocycles. The van der Waals surface area contributed by atoms with E-state index in [1.165, 1.54) is 4.90 Å². The summed E-state index contributed by atoms with van der Waals surface area (Å²) in [6.45, 7) is 3.94. The van der Waals surface area contributed by atoms with E-state index in [0.29, 0.717) is 19.1 Å². The van der Waals surface area contributed by atoms with E-state index in [-0.39, 0.29) is 18.0 Å². The van der Waals surface area contributed by atoms with Gasteiger partial charge in [0, 0.05) is 25.2 Å². The number of carbonyl (C=O) groups is 3. The molecule has 1 unspecified atom stereocenters. The Labute approximate surface area is 165 Å². The molecule has 3 aliphatic rings. The van der Waals surface area contributed by atoms with Crippen LogP contribution in [0.15, 0.2) is 24.3 Å². The minimum absolute atomic E-state index is 0.0783. The number of nitrogens with one attached hydrogen (secondary N) is 1. The molecule has 2 fully saturated rings. The zero-order chi connectivity index (χ0) is 19.7. The molecule has 1 N–H and O–H groups in total. The number of ether oxygens (including phenoxy) is 1. The van der Waals surface area contributed by atoms with E-state index in [1.807, 2.05) is 24.3 Å². The van der Waals surface area contributed by atoms with Crippen LogP contribution in [-0.4, -0.2) is 55.1 Å². The summed E-state index contributed by atoms with van der Waals surface area (Å²) in [5, 5.41) is 2.93. The summed E-state index contributed by atoms with van der Waals surface area (Å²) in [5.74, 6) is -0.0783. The van der Waals surface area contributed by atoms with Crippen LogP contribution in [0.2, 0.25) is 0 Å². The Bertz CT molecular complexity index is 773. The fourth-order valence-corrected chi connectivity index (χ4v) is 5.17. The third kappa shape index (κ3) is 3.07. The smallest absolute Gasteiger partial charge is 0.407 e. The van der Waals surface area contributed by atoms with Crippen LogP contribution >= 0.6 is 0 Å². The van der Waals surface area contributed by atoms with E-state index in [1.54, 1.807) is 6.92 Å². The van der Waals surface area contributed by atoms with Crippen LogP contribution in [0.1, 0.15) is 44.6 Å². The van der Waals surface area contributed by atoms with Gasteiger partial charge in [0.2, 0.25) is 12.3 Å². The number of fused-ring (bicyclic) bond motifs is 2. The number of benzene rings is 1. The predicted molar refractivity (Wildman–Crippen MR) is 104 cm³/mol. The summed E-state index contributed by atoms with van der Waals surface area (Å²) in [6.07, 6.45) is 4.56. The lowest BCUT2D eigenvalue weighted by molar-refractivity contribution is -0.126. The average molecular weight is 385 g/mol. The minimum atomic E-state index is -0.559. The molecule has 1 aromatic rings. The molecule has 150 valence electrons. The maximum atomic E-state index is 13.1. The molecule has 1 spiro atoms. The van der Waals surface area contributed by atoms with E-state index >= 15 is 0 Å². The molecule has 7 heteroatoms. The number of carbonyl (C=O) groups excluding carboxylic acids is 3. The van der Waals surface area contributed by atoms with Crippen molar-refractivity contribution in [1.29, 1.82) is 0 Å². The first-order chi connectivity index (χ1) is 13.6. The number of alkyl carbamates (subject to hydrolysis) is 1. The zero-order valence-electron chi connectivity index (χ0n) is 16.2. The second-order valence-corrected chi connectivity index (χ2v) is 7.96. The highest BCUT2D eigenvalue weighted by Crippen LogP contribution is 2.50. The molecule has 1 saturated carbocycles. The molecule has 0 radical (unpaired) electrons. The van der Waals surface area contributed by atoms with Crippen molar-refractivity contribution in [3.8, 4) is 0 Å². The van der Waals surface area contributed by atoms with E-state index in [4.69, 9.17) is 4.74 Å². The molecular weight excluding hydrogens is 358 g/mol. The number of hydrogen-bond donors (Lipinski definition) is 1. The Kier molecular flexibility index (Phi) is 5.10. The normalized spacial score (nSPS) is 29.8. The number of imide groups is 1. The summed E-state index contributed by atoms with van der Waals surface area (Å²) in [7, 11) is 0. The Balaban J connectivity index is 1.41. The Hall–Kier alpha value is -2.41. The fraction of sp³-hybridized carbons (Fsp3) is 0.571. The van der Waals surface area contributed by atoms with Gasteiger partial charge in [0.05, 0.1) is 17.7 Å². The van der Waals surface area contributed by atoms with Gasteiger partial charge in [-0.2, -0.15) is 0 Å². The standard InChI is InChI=1S/C21H27N3O4/c1-2-28-20(27)22-15-9-12-23(13-15)16-7-10-21(11-8-16)17-5-3-4-6-18(17)24(14-25)19(21)26/h3-6,14-16H,2,7-13H2,1H3,(H,22,27). The SMILES string of the molecule is CCOC(=O)NC1CCN(C2CCC3(CC2)C(=O)N(C=O)c2ccccc23)C1. The fourth-order valence-electron chi connectivity index (χ4n) is 5.17. The second kappa shape index (κ2) is 7.54. The monoisotopic (exact) mass is 385 g/mol. The van der Waals surface area contributed by atoms with Gasteiger partial charge >= 0.3 is 6.09 Å². The van der Waals surface area contributed by atoms with E-state index in [0.717, 1.165) is 56.4 Å². The molecule has 28 heavy (non-hydrogen) atoms. The second-order valence-electron chi connectivity index (χ2n) is 7.96. The number of anilines is 1. The third-order valence-corrected chi connectivity index (χ3v) is 6.55. The highest BCUT2D eigenvalue weighted by Gasteiger charge is 2.52. The van der Waals surface area contributed by atoms with Gasteiger partial charge in [0.15, 0.2) is 0 Å². The molecule has 2 aliphatic heterocycles. The van der Waals surface area contributed by atoms with Gasteiger partial charge in [-0.3, -0.25) is 19.4 Å². The van der Waals surface area contributed by atoms with Gasteiger partial charge in [-0.1, -0.05) is 18.2 Å². The Morgan fingerprint density at radius 3 is 2.75 bits per heavy atom. The van der Waals surface area contributed by atoms with Gasteiger partial charge in [0.25, 0.3) is 0 Å². The van der Waals surface area contributed by atoms with Crippen LogP contribution in [0.5, 0.6) is 0 Å². The number of para-hydroxylation sites is 1. The van der Waals surface area contributed by atoms with Gasteiger partial charge < -0.3 is 10.1 Å². The number of hydrogen-bond acceptors (Lipinski definition) is 5. The van der Waals surface area contributed by atoms with Crippen LogP contribution in [0.3, 0.4) is 0 Å². The molecule has 1 saturated heterocycles. The number of nitrogens with zero attached hydrogens (tertiary/aromatic N) is 2. The van der Waals surface area contributed by atoms with Crippen molar-refractivity contribution in [3.63, 3.8) is 0 Å². The van der Waals surface area contributed by atoms with E-state index in [2.05, 4.69) is 10.2 Å². The first kappa shape index (κ1) is 18.9. The Morgan fingerprint density at radius 2 is 2.04 bits per heavy atom. The molecule has 1 atom stereocenters. The predicted octanol–water partition coefficient (Wildman–Crippen LogP) is 2.19. The number of rotatable bonds is 4. The van der Waals surface area contributed by atoms with Crippen molar-refractivity contribution in [2.75, 3.05) is 24.6 Å². The van der Waals surface area contributed by atoms with Crippen LogP contribution in [0.4, 0.5) is 10.5 Å². The third-order valence-electron chi connectivity index (χ3n) is 6.55. The molecule has 0 aromatic heterocycles. The zero-order valence-corrected chi connectivity index (χ0v) is 16.2. The van der Waals surface area contributed by atoms with E-state index in [9.17, 15) is 14.4 Å². The molecule has 0 bridgehead atoms. The Morgan fingerprint density at radius 1 is 1.29 bits per heavy atom. The van der Waals surface area contributed by atoms with Crippen molar-refractivity contribution >= 4 is 24.1 Å². The lowest BCUT2D eigenvalue weighted by atomic mass is 9.68. The first-order valence-electron chi connectivity index (χ1n) is 10.1. The molecule has 7 nitrogen and oxygen atoms in total. The van der Waals surface area contributed by atoms with Gasteiger partial charge in [-0.25, -0.2) is 4.79 Å². The topological polar surface area (TPSA) is 79.0 Å². The summed E-state index contributed by atoms with van der Waals surface area (Å²) in [4.78, 5) is 39.9. The number of likely N-dealkylation sites (tertiary alicyclic amines) is 1. The van der Waals surface area contributed by atoms with Crippen LogP contribution in [0, 0.1) is 0 Å². The highest BCUT2D eigenvalue weighted by atomic mass is 16.5. The summed E-state index contributed by atoms with van der Waals surface area (Å²) >= 11 is 0. The van der Waals surface area contributed by atoms with Gasteiger partial charge in [-0.15, -0.1) is 0 Å². The van der Waals surface area contributed by atoms with Gasteiger partial charge in [-0.05, 0) is 50.7 Å². The quantitative estimate of drug-likeness (QED) is 0.804. The molecular formula is C21H27N3O4. The van der Waals surface area contributed by atoms with E-state index < -0.39 is 5.41 Å². The largest absolute Gasteiger partial charge is 0.450 e. The van der Waals surface area contributed by atoms with Crippen molar-refractivity contribution in [2.45, 2.75) is 56.5 Å². The van der Waals surface area contributed by atoms with Crippen molar-refractivity contribution in [3.05, 3.63) is 29.8 Å². The summed E-state index contributed by atoms with van der Waals surface area (Å²) < 4.78 is 4.97. The number of amides is 3. The molecule has 2 heterocycles. The van der Waals surface area contributed by atoms with Crippen molar-refractivity contribution in [2.24, 2.45) is 0 Å². The van der Waals surface area contributed by atoms with Crippen LogP contribution in [0.25, 0.3) is 0 Å². The maximum Gasteiger partial charge on any atom is 0.407 e. The summed E-state index contributed by atoms with van der Waals surface area (Å²) in [5.41, 5.74) is 1.17. The molecule has 4 rings (SSSR count). The minimum Gasteiger partial charge on any atom is -0.450 e. The van der Waals surface area contributed by atoms with Crippen molar-refractivity contribution < 1.29 is 19.1 Å². The molecule has 3 amide bonds. The summed E-state index contributed by atoms with van der Waals surface area (Å²) in [6, 6.07) is 8.19. The lowest BCUT2D eigenvalue weighted by Crippen LogP contribution is -2.47. The molecule has 1 aliphatic carbocycles. The van der Waals surface area contributed by atoms with Crippen LogP contribution < -0.4 is 10.2 Å².